The molecule has 3 rings (SSSR count). The topological polar surface area (TPSA) is 34.9 Å². The number of nitrogens with zero attached hydrogens (tertiary/aromatic N) is 2. The van der Waals surface area contributed by atoms with E-state index in [1.165, 1.54) is 0 Å². The van der Waals surface area contributed by atoms with Crippen LogP contribution in [0.15, 0.2) is 57.8 Å². The smallest absolute Gasteiger partial charge is 0.266 e. The van der Waals surface area contributed by atoms with Crippen molar-refractivity contribution in [2.75, 3.05) is 0 Å². The Morgan fingerprint density at radius 3 is 2.55 bits per heavy atom. The highest BCUT2D eigenvalue weighted by Gasteiger charge is 2.11. The number of alkyl halides is 1. The van der Waals surface area contributed by atoms with Gasteiger partial charge in [-0.1, -0.05) is 50.1 Å². The Morgan fingerprint density at radius 2 is 1.85 bits per heavy atom. The number of halogens is 2. The van der Waals surface area contributed by atoms with Crippen LogP contribution < -0.4 is 5.56 Å². The van der Waals surface area contributed by atoms with E-state index in [1.54, 1.807) is 4.57 Å². The van der Waals surface area contributed by atoms with Gasteiger partial charge in [-0.25, -0.2) is 4.98 Å². The Kier molecular flexibility index (Phi) is 3.72. The van der Waals surface area contributed by atoms with E-state index < -0.39 is 0 Å². The van der Waals surface area contributed by atoms with E-state index in [4.69, 9.17) is 0 Å². The average molecular weight is 394 g/mol. The minimum absolute atomic E-state index is 0.0584. The van der Waals surface area contributed by atoms with Gasteiger partial charge in [-0.05, 0) is 30.3 Å². The zero-order valence-electron chi connectivity index (χ0n) is 10.4. The van der Waals surface area contributed by atoms with Crippen molar-refractivity contribution >= 4 is 42.8 Å². The molecule has 1 heterocycles. The third kappa shape index (κ3) is 2.31. The molecule has 3 nitrogen and oxygen atoms in total. The van der Waals surface area contributed by atoms with Gasteiger partial charge in [0.15, 0.2) is 0 Å². The molecule has 0 spiro atoms. The van der Waals surface area contributed by atoms with Crippen molar-refractivity contribution in [2.24, 2.45) is 0 Å². The number of aromatic nitrogens is 2. The van der Waals surface area contributed by atoms with Gasteiger partial charge in [0.25, 0.3) is 5.56 Å². The van der Waals surface area contributed by atoms with Gasteiger partial charge in [0.1, 0.15) is 5.82 Å². The number of para-hydroxylation sites is 1. The van der Waals surface area contributed by atoms with E-state index in [1.807, 2.05) is 48.5 Å². The second kappa shape index (κ2) is 5.50. The SMILES string of the molecule is O=c1c2cc(Br)ccc2nc(CBr)n1-c1ccccc1. The van der Waals surface area contributed by atoms with Crippen molar-refractivity contribution in [1.82, 2.24) is 9.55 Å². The fourth-order valence-corrected chi connectivity index (χ4v) is 2.87. The van der Waals surface area contributed by atoms with E-state index in [0.717, 1.165) is 10.2 Å². The molecule has 0 aliphatic carbocycles. The van der Waals surface area contributed by atoms with Crippen LogP contribution in [0.5, 0.6) is 0 Å². The summed E-state index contributed by atoms with van der Waals surface area (Å²) in [5, 5.41) is 1.12. The summed E-state index contributed by atoms with van der Waals surface area (Å²) in [6.07, 6.45) is 0. The summed E-state index contributed by atoms with van der Waals surface area (Å²) in [6.45, 7) is 0. The number of rotatable bonds is 2. The Labute approximate surface area is 132 Å². The number of hydrogen-bond acceptors (Lipinski definition) is 2. The minimum atomic E-state index is -0.0584. The number of fused-ring (bicyclic) bond motifs is 1. The third-order valence-electron chi connectivity index (χ3n) is 3.03. The Bertz CT molecular complexity index is 828. The van der Waals surface area contributed by atoms with Gasteiger partial charge in [0.05, 0.1) is 21.9 Å². The van der Waals surface area contributed by atoms with Crippen LogP contribution in [0.1, 0.15) is 5.82 Å². The molecular weight excluding hydrogens is 384 g/mol. The number of benzene rings is 2. The Morgan fingerprint density at radius 1 is 1.10 bits per heavy atom. The van der Waals surface area contributed by atoms with Crippen LogP contribution in [0, 0.1) is 0 Å². The van der Waals surface area contributed by atoms with E-state index in [-0.39, 0.29) is 5.56 Å². The highest BCUT2D eigenvalue weighted by molar-refractivity contribution is 9.10. The van der Waals surface area contributed by atoms with Crippen LogP contribution in [-0.4, -0.2) is 9.55 Å². The molecule has 1 aromatic heterocycles. The first-order valence-corrected chi connectivity index (χ1v) is 7.95. The van der Waals surface area contributed by atoms with Gasteiger partial charge in [0.2, 0.25) is 0 Å². The second-order valence-corrected chi connectivity index (χ2v) is 5.78. The lowest BCUT2D eigenvalue weighted by atomic mass is 10.2. The van der Waals surface area contributed by atoms with Crippen LogP contribution >= 0.6 is 31.9 Å². The predicted octanol–water partition coefficient (Wildman–Crippen LogP) is 4.04. The molecule has 0 radical (unpaired) electrons. The first-order valence-electron chi connectivity index (χ1n) is 6.03. The maximum Gasteiger partial charge on any atom is 0.266 e. The summed E-state index contributed by atoms with van der Waals surface area (Å²) < 4.78 is 2.51. The molecule has 0 saturated heterocycles. The van der Waals surface area contributed by atoms with Gasteiger partial charge in [-0.15, -0.1) is 0 Å². The van der Waals surface area contributed by atoms with Crippen LogP contribution in [0.2, 0.25) is 0 Å². The van der Waals surface area contributed by atoms with Crippen molar-refractivity contribution in [3.63, 3.8) is 0 Å². The molecule has 3 aromatic rings. The van der Waals surface area contributed by atoms with E-state index >= 15 is 0 Å². The average Bonchev–Trinajstić information content (AvgIpc) is 2.48. The lowest BCUT2D eigenvalue weighted by Gasteiger charge is -2.12. The van der Waals surface area contributed by atoms with E-state index in [9.17, 15) is 4.79 Å². The third-order valence-corrected chi connectivity index (χ3v) is 4.03. The fraction of sp³-hybridized carbons (Fsp3) is 0.0667. The van der Waals surface area contributed by atoms with Gasteiger partial charge in [-0.3, -0.25) is 9.36 Å². The summed E-state index contributed by atoms with van der Waals surface area (Å²) in [6, 6.07) is 15.1. The van der Waals surface area contributed by atoms with Crippen molar-refractivity contribution in [1.29, 1.82) is 0 Å². The monoisotopic (exact) mass is 392 g/mol. The molecule has 0 aliphatic rings. The quantitative estimate of drug-likeness (QED) is 0.615. The molecule has 0 bridgehead atoms. The summed E-state index contributed by atoms with van der Waals surface area (Å²) >= 11 is 6.81. The first kappa shape index (κ1) is 13.5. The van der Waals surface area contributed by atoms with Crippen LogP contribution in [0.4, 0.5) is 0 Å². The first-order chi connectivity index (χ1) is 9.70. The normalized spacial score (nSPS) is 10.9. The summed E-state index contributed by atoms with van der Waals surface area (Å²) in [5.74, 6) is 0.691. The molecule has 100 valence electrons. The zero-order chi connectivity index (χ0) is 14.1. The molecule has 0 unspecified atom stereocenters. The molecule has 0 saturated carbocycles. The minimum Gasteiger partial charge on any atom is -0.268 e. The number of hydrogen-bond donors (Lipinski definition) is 0. The van der Waals surface area contributed by atoms with Crippen molar-refractivity contribution < 1.29 is 0 Å². The molecule has 0 amide bonds. The maximum atomic E-state index is 12.7. The van der Waals surface area contributed by atoms with E-state index in [0.29, 0.717) is 22.1 Å². The molecule has 5 heteroatoms. The Hall–Kier alpha value is -1.46. The van der Waals surface area contributed by atoms with Gasteiger partial charge < -0.3 is 0 Å². The van der Waals surface area contributed by atoms with Crippen LogP contribution in [0.25, 0.3) is 16.6 Å². The summed E-state index contributed by atoms with van der Waals surface area (Å²) in [7, 11) is 0. The van der Waals surface area contributed by atoms with Crippen LogP contribution in [-0.2, 0) is 5.33 Å². The molecular formula is C15H10Br2N2O. The molecule has 2 aromatic carbocycles. The van der Waals surface area contributed by atoms with Gasteiger partial charge in [0, 0.05) is 4.47 Å². The maximum absolute atomic E-state index is 12.7. The highest BCUT2D eigenvalue weighted by atomic mass is 79.9. The summed E-state index contributed by atoms with van der Waals surface area (Å²) in [4.78, 5) is 17.3. The molecule has 0 fully saturated rings. The zero-order valence-corrected chi connectivity index (χ0v) is 13.6. The lowest BCUT2D eigenvalue weighted by Crippen LogP contribution is -2.23. The molecule has 0 aliphatic heterocycles. The van der Waals surface area contributed by atoms with Crippen molar-refractivity contribution in [3.8, 4) is 5.69 Å². The molecule has 0 N–H and O–H groups in total. The molecule has 20 heavy (non-hydrogen) atoms. The van der Waals surface area contributed by atoms with Gasteiger partial charge >= 0.3 is 0 Å². The van der Waals surface area contributed by atoms with Gasteiger partial charge in [-0.2, -0.15) is 0 Å². The fourth-order valence-electron chi connectivity index (χ4n) is 2.14. The Balaban J connectivity index is 2.41. The van der Waals surface area contributed by atoms with Crippen molar-refractivity contribution in [2.45, 2.75) is 5.33 Å². The highest BCUT2D eigenvalue weighted by Crippen LogP contribution is 2.18. The second-order valence-electron chi connectivity index (χ2n) is 4.30. The summed E-state index contributed by atoms with van der Waals surface area (Å²) in [5.41, 5.74) is 1.47. The standard InChI is InChI=1S/C15H10Br2N2O/c16-9-14-18-13-7-6-10(17)8-12(13)15(20)19(14)11-4-2-1-3-5-11/h1-8H,9H2. The predicted molar refractivity (Wildman–Crippen MR) is 87.7 cm³/mol. The molecule has 0 atom stereocenters. The largest absolute Gasteiger partial charge is 0.268 e. The van der Waals surface area contributed by atoms with Crippen molar-refractivity contribution in [3.05, 3.63) is 69.2 Å². The van der Waals surface area contributed by atoms with E-state index in [2.05, 4.69) is 36.8 Å². The lowest BCUT2D eigenvalue weighted by molar-refractivity contribution is 0.887. The van der Waals surface area contributed by atoms with Crippen LogP contribution in [0.3, 0.4) is 0 Å².